The van der Waals surface area contributed by atoms with Crippen molar-refractivity contribution in [1.82, 2.24) is 9.88 Å². The summed E-state index contributed by atoms with van der Waals surface area (Å²) in [6.45, 7) is 5.83. The first-order valence-corrected chi connectivity index (χ1v) is 6.82. The number of hydrogen-bond donors (Lipinski definition) is 2. The van der Waals surface area contributed by atoms with Crippen molar-refractivity contribution in [2.75, 3.05) is 20.1 Å². The van der Waals surface area contributed by atoms with E-state index in [9.17, 15) is 0 Å². The van der Waals surface area contributed by atoms with Crippen LogP contribution in [-0.4, -0.2) is 47.2 Å². The van der Waals surface area contributed by atoms with Gasteiger partial charge in [0.2, 0.25) is 5.88 Å². The van der Waals surface area contributed by atoms with E-state index >= 15 is 0 Å². The number of aromatic nitrogens is 1. The quantitative estimate of drug-likeness (QED) is 0.376. The number of oxime groups is 1. The summed E-state index contributed by atoms with van der Waals surface area (Å²) in [5.41, 5.74) is 8.09. The van der Waals surface area contributed by atoms with Crippen molar-refractivity contribution in [3.63, 3.8) is 0 Å². The number of amidine groups is 1. The molecule has 6 heteroatoms. The van der Waals surface area contributed by atoms with Gasteiger partial charge >= 0.3 is 0 Å². The van der Waals surface area contributed by atoms with Crippen molar-refractivity contribution in [3.05, 3.63) is 22.9 Å². The van der Waals surface area contributed by atoms with Crippen molar-refractivity contribution < 1.29 is 9.94 Å². The molecule has 0 radical (unpaired) electrons. The van der Waals surface area contributed by atoms with Gasteiger partial charge in [-0.1, -0.05) is 5.16 Å². The van der Waals surface area contributed by atoms with Crippen LogP contribution in [-0.2, 0) is 0 Å². The number of likely N-dealkylation sites (tertiary alicyclic amines) is 1. The van der Waals surface area contributed by atoms with Gasteiger partial charge in [0.05, 0.1) is 5.56 Å². The summed E-state index contributed by atoms with van der Waals surface area (Å²) in [6.07, 6.45) is 2.05. The molecule has 1 aliphatic heterocycles. The molecule has 0 saturated carbocycles. The van der Waals surface area contributed by atoms with Crippen LogP contribution in [0.2, 0.25) is 0 Å². The van der Waals surface area contributed by atoms with Gasteiger partial charge in [-0.25, -0.2) is 4.98 Å². The topological polar surface area (TPSA) is 84.0 Å². The van der Waals surface area contributed by atoms with Crippen molar-refractivity contribution in [2.24, 2.45) is 10.9 Å². The molecule has 1 aromatic heterocycles. The van der Waals surface area contributed by atoms with Crippen molar-refractivity contribution in [1.29, 1.82) is 0 Å². The fraction of sp³-hybridized carbons (Fsp3) is 0.571. The number of pyridine rings is 1. The molecule has 0 unspecified atom stereocenters. The van der Waals surface area contributed by atoms with E-state index in [1.54, 1.807) is 0 Å². The standard InChI is InChI=1S/C14H22N4O2/c1-9-8-10(2)16-14(12(9)13(15)17-19)20-11-4-6-18(3)7-5-11/h8,11,19H,4-7H2,1-3H3,(H2,15,17). The second kappa shape index (κ2) is 6.09. The van der Waals surface area contributed by atoms with Gasteiger partial charge in [0.15, 0.2) is 5.84 Å². The van der Waals surface area contributed by atoms with Crippen LogP contribution in [0.1, 0.15) is 29.7 Å². The zero-order valence-corrected chi connectivity index (χ0v) is 12.3. The molecule has 0 atom stereocenters. The Bertz CT molecular complexity index is 508. The fourth-order valence-corrected chi connectivity index (χ4v) is 2.51. The van der Waals surface area contributed by atoms with Gasteiger partial charge in [0.1, 0.15) is 6.10 Å². The molecule has 0 amide bonds. The molecule has 6 nitrogen and oxygen atoms in total. The third-order valence-electron chi connectivity index (χ3n) is 3.62. The molecule has 20 heavy (non-hydrogen) atoms. The lowest BCUT2D eigenvalue weighted by atomic mass is 10.1. The fourth-order valence-electron chi connectivity index (χ4n) is 2.51. The highest BCUT2D eigenvalue weighted by Gasteiger charge is 2.22. The third kappa shape index (κ3) is 3.19. The Morgan fingerprint density at radius 2 is 2.10 bits per heavy atom. The van der Waals surface area contributed by atoms with Crippen LogP contribution >= 0.6 is 0 Å². The van der Waals surface area contributed by atoms with Gasteiger partial charge in [0.25, 0.3) is 0 Å². The zero-order chi connectivity index (χ0) is 14.7. The molecule has 0 aromatic carbocycles. The van der Waals surface area contributed by atoms with E-state index in [0.29, 0.717) is 11.4 Å². The molecule has 1 fully saturated rings. The third-order valence-corrected chi connectivity index (χ3v) is 3.62. The first-order valence-electron chi connectivity index (χ1n) is 6.82. The predicted molar refractivity (Wildman–Crippen MR) is 77.4 cm³/mol. The number of nitrogens with zero attached hydrogens (tertiary/aromatic N) is 3. The monoisotopic (exact) mass is 278 g/mol. The van der Waals surface area contributed by atoms with Crippen LogP contribution in [0.5, 0.6) is 5.88 Å². The summed E-state index contributed by atoms with van der Waals surface area (Å²) >= 11 is 0. The maximum absolute atomic E-state index is 8.92. The molecule has 1 saturated heterocycles. The lowest BCUT2D eigenvalue weighted by Crippen LogP contribution is -2.36. The summed E-state index contributed by atoms with van der Waals surface area (Å²) in [4.78, 5) is 6.69. The number of hydrogen-bond acceptors (Lipinski definition) is 5. The first kappa shape index (κ1) is 14.6. The molecule has 2 rings (SSSR count). The average molecular weight is 278 g/mol. The van der Waals surface area contributed by atoms with Crippen LogP contribution in [0.3, 0.4) is 0 Å². The number of piperidine rings is 1. The second-order valence-corrected chi connectivity index (χ2v) is 5.37. The molecule has 0 spiro atoms. The number of ether oxygens (including phenoxy) is 1. The summed E-state index contributed by atoms with van der Waals surface area (Å²) in [5, 5.41) is 12.0. The number of rotatable bonds is 3. The minimum Gasteiger partial charge on any atom is -0.474 e. The smallest absolute Gasteiger partial charge is 0.225 e. The van der Waals surface area contributed by atoms with Gasteiger partial charge in [0, 0.05) is 18.8 Å². The van der Waals surface area contributed by atoms with Crippen molar-refractivity contribution in [2.45, 2.75) is 32.8 Å². The largest absolute Gasteiger partial charge is 0.474 e. The van der Waals surface area contributed by atoms with E-state index < -0.39 is 0 Å². The summed E-state index contributed by atoms with van der Waals surface area (Å²) in [7, 11) is 2.10. The maximum atomic E-state index is 8.92. The van der Waals surface area contributed by atoms with E-state index in [0.717, 1.165) is 37.2 Å². The SMILES string of the molecule is Cc1cc(C)c(/C(N)=N/O)c(OC2CCN(C)CC2)n1. The van der Waals surface area contributed by atoms with Gasteiger partial charge < -0.3 is 20.6 Å². The van der Waals surface area contributed by atoms with Crippen LogP contribution in [0.15, 0.2) is 11.2 Å². The molecule has 2 heterocycles. The Kier molecular flexibility index (Phi) is 4.44. The van der Waals surface area contributed by atoms with Gasteiger partial charge in [-0.3, -0.25) is 0 Å². The number of nitrogens with two attached hydrogens (primary N) is 1. The highest BCUT2D eigenvalue weighted by Crippen LogP contribution is 2.24. The lowest BCUT2D eigenvalue weighted by Gasteiger charge is -2.29. The summed E-state index contributed by atoms with van der Waals surface area (Å²) < 4.78 is 6.01. The molecule has 1 aromatic rings. The van der Waals surface area contributed by atoms with E-state index in [4.69, 9.17) is 15.7 Å². The van der Waals surface area contributed by atoms with Crippen LogP contribution < -0.4 is 10.5 Å². The Hall–Kier alpha value is -1.82. The first-order chi connectivity index (χ1) is 9.51. The van der Waals surface area contributed by atoms with Gasteiger partial charge in [-0.05, 0) is 45.4 Å². The maximum Gasteiger partial charge on any atom is 0.225 e. The highest BCUT2D eigenvalue weighted by molar-refractivity contribution is 6.00. The molecular weight excluding hydrogens is 256 g/mol. The Morgan fingerprint density at radius 1 is 1.45 bits per heavy atom. The number of aryl methyl sites for hydroxylation is 2. The normalized spacial score (nSPS) is 18.2. The van der Waals surface area contributed by atoms with Gasteiger partial charge in [-0.2, -0.15) is 0 Å². The van der Waals surface area contributed by atoms with Crippen LogP contribution in [0.4, 0.5) is 0 Å². The molecule has 0 aliphatic carbocycles. The Morgan fingerprint density at radius 3 is 2.70 bits per heavy atom. The van der Waals surface area contributed by atoms with Crippen LogP contribution in [0.25, 0.3) is 0 Å². The van der Waals surface area contributed by atoms with Crippen molar-refractivity contribution >= 4 is 5.84 Å². The Labute approximate surface area is 119 Å². The zero-order valence-electron chi connectivity index (χ0n) is 12.3. The predicted octanol–water partition coefficient (Wildman–Crippen LogP) is 1.27. The minimum absolute atomic E-state index is 0.0397. The average Bonchev–Trinajstić information content (AvgIpc) is 2.40. The van der Waals surface area contributed by atoms with Crippen molar-refractivity contribution in [3.8, 4) is 5.88 Å². The molecular formula is C14H22N4O2. The van der Waals surface area contributed by atoms with E-state index in [1.807, 2.05) is 19.9 Å². The second-order valence-electron chi connectivity index (χ2n) is 5.37. The van der Waals surface area contributed by atoms with Gasteiger partial charge in [-0.15, -0.1) is 0 Å². The van der Waals surface area contributed by atoms with Crippen LogP contribution in [0, 0.1) is 13.8 Å². The molecule has 0 bridgehead atoms. The Balaban J connectivity index is 2.26. The molecule has 110 valence electrons. The molecule has 1 aliphatic rings. The summed E-state index contributed by atoms with van der Waals surface area (Å²) in [5.74, 6) is 0.505. The van der Waals surface area contributed by atoms with E-state index in [2.05, 4.69) is 22.1 Å². The molecule has 3 N–H and O–H groups in total. The highest BCUT2D eigenvalue weighted by atomic mass is 16.5. The van der Waals surface area contributed by atoms with E-state index in [1.165, 1.54) is 0 Å². The van der Waals surface area contributed by atoms with E-state index in [-0.39, 0.29) is 11.9 Å². The summed E-state index contributed by atoms with van der Waals surface area (Å²) in [6, 6.07) is 1.90. The lowest BCUT2D eigenvalue weighted by molar-refractivity contribution is 0.109. The minimum atomic E-state index is 0.0397.